The number of benzene rings is 2. The molecule has 0 aromatic heterocycles. The quantitative estimate of drug-likeness (QED) is 0.712. The molecular weight excluding hydrogens is 324 g/mol. The lowest BCUT2D eigenvalue weighted by Gasteiger charge is -2.12. The Kier molecular flexibility index (Phi) is 6.00. The largest absolute Gasteiger partial charge is 0.493 e. The summed E-state index contributed by atoms with van der Waals surface area (Å²) in [5, 5.41) is 17.9. The molecule has 0 aliphatic heterocycles. The molecule has 6 nitrogen and oxygen atoms in total. The average molecular weight is 344 g/mol. The van der Waals surface area contributed by atoms with Gasteiger partial charge in [-0.2, -0.15) is 0 Å². The van der Waals surface area contributed by atoms with Crippen LogP contribution in [0.5, 0.6) is 11.5 Å². The maximum absolute atomic E-state index is 10.9. The minimum atomic E-state index is -0.965. The third-order valence-corrected chi connectivity index (χ3v) is 3.65. The number of aromatic carboxylic acids is 2. The summed E-state index contributed by atoms with van der Waals surface area (Å²) in [5.74, 6) is -0.640. The molecule has 2 rings (SSSR count). The third kappa shape index (κ3) is 4.97. The fourth-order valence-corrected chi connectivity index (χ4v) is 2.31. The van der Waals surface area contributed by atoms with Crippen molar-refractivity contribution in [2.45, 2.75) is 20.3 Å². The molecule has 0 heterocycles. The Morgan fingerprint density at radius 2 is 1.20 bits per heavy atom. The van der Waals surface area contributed by atoms with E-state index in [9.17, 15) is 9.59 Å². The summed E-state index contributed by atoms with van der Waals surface area (Å²) >= 11 is 0. The molecule has 0 aliphatic carbocycles. The number of hydrogen-bond acceptors (Lipinski definition) is 4. The standard InChI is InChI=1S/C19H20O6/c1-12-10-14(18(20)21)4-6-16(12)24-8-3-9-25-17-7-5-15(19(22)23)11-13(17)2/h4-7,10-11H,3,8-9H2,1-2H3,(H,20,21)(H,22,23). The smallest absolute Gasteiger partial charge is 0.335 e. The lowest BCUT2D eigenvalue weighted by molar-refractivity contribution is 0.0686. The number of ether oxygens (including phenoxy) is 2. The van der Waals surface area contributed by atoms with Gasteiger partial charge in [0.15, 0.2) is 0 Å². The van der Waals surface area contributed by atoms with Crippen LogP contribution in [0.3, 0.4) is 0 Å². The zero-order chi connectivity index (χ0) is 18.4. The van der Waals surface area contributed by atoms with E-state index in [1.165, 1.54) is 12.1 Å². The van der Waals surface area contributed by atoms with Crippen LogP contribution in [0.15, 0.2) is 36.4 Å². The minimum Gasteiger partial charge on any atom is -0.493 e. The molecule has 6 heteroatoms. The fourth-order valence-electron chi connectivity index (χ4n) is 2.31. The minimum absolute atomic E-state index is 0.230. The topological polar surface area (TPSA) is 93.1 Å². The molecule has 0 saturated heterocycles. The first kappa shape index (κ1) is 18.3. The Labute approximate surface area is 145 Å². The summed E-state index contributed by atoms with van der Waals surface area (Å²) < 4.78 is 11.3. The van der Waals surface area contributed by atoms with Crippen LogP contribution >= 0.6 is 0 Å². The second-order valence-corrected chi connectivity index (χ2v) is 5.62. The normalized spacial score (nSPS) is 10.3. The van der Waals surface area contributed by atoms with Crippen LogP contribution < -0.4 is 9.47 Å². The van der Waals surface area contributed by atoms with Crippen molar-refractivity contribution >= 4 is 11.9 Å². The number of carbonyl (C=O) groups is 2. The molecule has 2 aromatic carbocycles. The second kappa shape index (κ2) is 8.19. The van der Waals surface area contributed by atoms with Crippen LogP contribution in [-0.4, -0.2) is 35.4 Å². The van der Waals surface area contributed by atoms with E-state index in [1.54, 1.807) is 38.1 Å². The van der Waals surface area contributed by atoms with Gasteiger partial charge in [0.05, 0.1) is 24.3 Å². The predicted molar refractivity (Wildman–Crippen MR) is 91.9 cm³/mol. The maximum atomic E-state index is 10.9. The monoisotopic (exact) mass is 344 g/mol. The van der Waals surface area contributed by atoms with Crippen molar-refractivity contribution in [2.24, 2.45) is 0 Å². The van der Waals surface area contributed by atoms with E-state index < -0.39 is 11.9 Å². The van der Waals surface area contributed by atoms with Crippen molar-refractivity contribution in [2.75, 3.05) is 13.2 Å². The number of rotatable bonds is 8. The number of carboxylic acid groups (broad SMARTS) is 2. The molecule has 0 atom stereocenters. The van der Waals surface area contributed by atoms with Gasteiger partial charge in [-0.1, -0.05) is 0 Å². The SMILES string of the molecule is Cc1cc(C(=O)O)ccc1OCCCOc1ccc(C(=O)O)cc1C. The maximum Gasteiger partial charge on any atom is 0.335 e. The highest BCUT2D eigenvalue weighted by Gasteiger charge is 2.08. The molecule has 0 bridgehead atoms. The van der Waals surface area contributed by atoms with Crippen LogP contribution in [0.1, 0.15) is 38.3 Å². The van der Waals surface area contributed by atoms with E-state index in [4.69, 9.17) is 19.7 Å². The highest BCUT2D eigenvalue weighted by Crippen LogP contribution is 2.21. The zero-order valence-corrected chi connectivity index (χ0v) is 14.1. The second-order valence-electron chi connectivity index (χ2n) is 5.62. The highest BCUT2D eigenvalue weighted by molar-refractivity contribution is 5.88. The van der Waals surface area contributed by atoms with Gasteiger partial charge in [0.1, 0.15) is 11.5 Å². The first-order chi connectivity index (χ1) is 11.9. The van der Waals surface area contributed by atoms with E-state index in [0.717, 1.165) is 11.1 Å². The van der Waals surface area contributed by atoms with Gasteiger partial charge in [-0.05, 0) is 61.4 Å². The molecule has 2 aromatic rings. The van der Waals surface area contributed by atoms with Crippen LogP contribution in [0.2, 0.25) is 0 Å². The first-order valence-corrected chi connectivity index (χ1v) is 7.82. The zero-order valence-electron chi connectivity index (χ0n) is 14.1. The summed E-state index contributed by atoms with van der Waals surface area (Å²) in [6, 6.07) is 9.45. The third-order valence-electron chi connectivity index (χ3n) is 3.65. The molecule has 132 valence electrons. The molecule has 0 aliphatic rings. The highest BCUT2D eigenvalue weighted by atomic mass is 16.5. The molecule has 0 radical (unpaired) electrons. The van der Waals surface area contributed by atoms with Crippen molar-refractivity contribution in [3.63, 3.8) is 0 Å². The predicted octanol–water partition coefficient (Wildman–Crippen LogP) is 3.55. The Morgan fingerprint density at radius 1 is 0.800 bits per heavy atom. The van der Waals surface area contributed by atoms with Crippen molar-refractivity contribution in [3.8, 4) is 11.5 Å². The number of carboxylic acids is 2. The molecule has 0 saturated carbocycles. The Bertz CT molecular complexity index is 716. The van der Waals surface area contributed by atoms with Crippen LogP contribution in [0.25, 0.3) is 0 Å². The summed E-state index contributed by atoms with van der Waals surface area (Å²) in [7, 11) is 0. The Morgan fingerprint density at radius 3 is 1.52 bits per heavy atom. The molecule has 0 unspecified atom stereocenters. The summed E-state index contributed by atoms with van der Waals surface area (Å²) in [6.45, 7) is 4.45. The van der Waals surface area contributed by atoms with Crippen LogP contribution in [-0.2, 0) is 0 Å². The van der Waals surface area contributed by atoms with Crippen molar-refractivity contribution in [1.82, 2.24) is 0 Å². The Balaban J connectivity index is 1.80. The van der Waals surface area contributed by atoms with Crippen LogP contribution in [0, 0.1) is 13.8 Å². The first-order valence-electron chi connectivity index (χ1n) is 7.82. The van der Waals surface area contributed by atoms with Crippen molar-refractivity contribution in [3.05, 3.63) is 58.7 Å². The molecule has 25 heavy (non-hydrogen) atoms. The van der Waals surface area contributed by atoms with Gasteiger partial charge in [0, 0.05) is 6.42 Å². The average Bonchev–Trinajstić information content (AvgIpc) is 2.56. The fraction of sp³-hybridized carbons (Fsp3) is 0.263. The van der Waals surface area contributed by atoms with E-state index in [-0.39, 0.29) is 11.1 Å². The molecule has 0 amide bonds. The van der Waals surface area contributed by atoms with Crippen molar-refractivity contribution < 1.29 is 29.3 Å². The van der Waals surface area contributed by atoms with Gasteiger partial charge in [-0.15, -0.1) is 0 Å². The molecule has 0 spiro atoms. The van der Waals surface area contributed by atoms with Crippen LogP contribution in [0.4, 0.5) is 0 Å². The lowest BCUT2D eigenvalue weighted by atomic mass is 10.1. The van der Waals surface area contributed by atoms with E-state index >= 15 is 0 Å². The van der Waals surface area contributed by atoms with Gasteiger partial charge in [0.2, 0.25) is 0 Å². The summed E-state index contributed by atoms with van der Waals surface area (Å²) in [6.07, 6.45) is 0.639. The number of aryl methyl sites for hydroxylation is 2. The van der Waals surface area contributed by atoms with Gasteiger partial charge >= 0.3 is 11.9 Å². The van der Waals surface area contributed by atoms with E-state index in [2.05, 4.69) is 0 Å². The molecular formula is C19H20O6. The van der Waals surface area contributed by atoms with Gasteiger partial charge in [0.25, 0.3) is 0 Å². The number of hydrogen-bond donors (Lipinski definition) is 2. The Hall–Kier alpha value is -3.02. The lowest BCUT2D eigenvalue weighted by Crippen LogP contribution is -2.07. The van der Waals surface area contributed by atoms with Gasteiger partial charge in [-0.25, -0.2) is 9.59 Å². The molecule has 0 fully saturated rings. The van der Waals surface area contributed by atoms with E-state index in [1.807, 2.05) is 0 Å². The summed E-state index contributed by atoms with van der Waals surface area (Å²) in [4.78, 5) is 21.8. The van der Waals surface area contributed by atoms with Crippen molar-refractivity contribution in [1.29, 1.82) is 0 Å². The van der Waals surface area contributed by atoms with Gasteiger partial charge in [-0.3, -0.25) is 0 Å². The molecule has 2 N–H and O–H groups in total. The van der Waals surface area contributed by atoms with E-state index in [0.29, 0.717) is 31.1 Å². The van der Waals surface area contributed by atoms with Gasteiger partial charge < -0.3 is 19.7 Å². The summed E-state index contributed by atoms with van der Waals surface area (Å²) in [5.41, 5.74) is 1.99.